The maximum absolute atomic E-state index is 12.5. The van der Waals surface area contributed by atoms with E-state index in [4.69, 9.17) is 4.74 Å². The van der Waals surface area contributed by atoms with Gasteiger partial charge in [-0.05, 0) is 31.8 Å². The van der Waals surface area contributed by atoms with Crippen molar-refractivity contribution in [2.75, 3.05) is 19.8 Å². The van der Waals surface area contributed by atoms with Crippen LogP contribution in [0.15, 0.2) is 0 Å². The third-order valence-corrected chi connectivity index (χ3v) is 4.19. The van der Waals surface area contributed by atoms with Crippen LogP contribution in [0.5, 0.6) is 0 Å². The predicted molar refractivity (Wildman–Crippen MR) is 65.2 cm³/mol. The monoisotopic (exact) mass is 255 g/mol. The second kappa shape index (κ2) is 4.70. The van der Waals surface area contributed by atoms with Crippen LogP contribution in [-0.4, -0.2) is 45.7 Å². The van der Waals surface area contributed by atoms with Gasteiger partial charge in [-0.3, -0.25) is 4.79 Å². The minimum Gasteiger partial charge on any atom is -0.377 e. The Labute approximate surface area is 105 Å². The molecule has 17 heavy (non-hydrogen) atoms. The van der Waals surface area contributed by atoms with Crippen LogP contribution in [0, 0.1) is 6.92 Å². The van der Waals surface area contributed by atoms with Crippen LogP contribution < -0.4 is 0 Å². The first-order chi connectivity index (χ1) is 8.08. The van der Waals surface area contributed by atoms with Crippen molar-refractivity contribution >= 4 is 17.4 Å². The van der Waals surface area contributed by atoms with Gasteiger partial charge in [-0.25, -0.2) is 0 Å². The molecule has 1 atom stereocenters. The second-order valence-electron chi connectivity index (χ2n) is 4.55. The first-order valence-corrected chi connectivity index (χ1v) is 6.54. The highest BCUT2D eigenvalue weighted by Crippen LogP contribution is 2.26. The average Bonchev–Trinajstić information content (AvgIpc) is 2.75. The molecule has 1 unspecified atom stereocenters. The van der Waals surface area contributed by atoms with E-state index >= 15 is 0 Å². The van der Waals surface area contributed by atoms with Crippen molar-refractivity contribution in [1.29, 1.82) is 0 Å². The molecule has 2 rings (SSSR count). The number of carbonyl (C=O) groups is 1. The molecule has 1 aliphatic heterocycles. The van der Waals surface area contributed by atoms with Crippen molar-refractivity contribution in [1.82, 2.24) is 14.5 Å². The van der Waals surface area contributed by atoms with Gasteiger partial charge in [0.05, 0.1) is 24.4 Å². The molecule has 5 nitrogen and oxygen atoms in total. The number of nitrogens with zero attached hydrogens (tertiary/aromatic N) is 3. The number of hydrogen-bond donors (Lipinski definition) is 0. The minimum absolute atomic E-state index is 0.0325. The summed E-state index contributed by atoms with van der Waals surface area (Å²) in [6.07, 6.45) is 0.879. The first-order valence-electron chi connectivity index (χ1n) is 5.77. The van der Waals surface area contributed by atoms with Crippen molar-refractivity contribution in [2.24, 2.45) is 0 Å². The summed E-state index contributed by atoms with van der Waals surface area (Å²) in [5.74, 6) is 0.0325. The standard InChI is InChI=1S/C11H17N3O2S/c1-4-11(3)7-16-6-5-14(11)10(15)9-8(2)12-13-17-9/h4-7H2,1-3H3. The zero-order chi connectivity index (χ0) is 12.5. The Morgan fingerprint density at radius 3 is 3.00 bits per heavy atom. The molecule has 1 aromatic rings. The smallest absolute Gasteiger partial charge is 0.268 e. The number of morpholine rings is 1. The molecule has 94 valence electrons. The third kappa shape index (κ3) is 2.19. The molecule has 1 aliphatic rings. The molecule has 1 aromatic heterocycles. The fourth-order valence-electron chi connectivity index (χ4n) is 1.99. The fourth-order valence-corrected chi connectivity index (χ4v) is 2.59. The van der Waals surface area contributed by atoms with E-state index in [0.717, 1.165) is 6.42 Å². The molecule has 0 radical (unpaired) electrons. The number of aromatic nitrogens is 2. The summed E-state index contributed by atoms with van der Waals surface area (Å²) >= 11 is 1.17. The number of ether oxygens (including phenoxy) is 1. The molecular weight excluding hydrogens is 238 g/mol. The number of amides is 1. The lowest BCUT2D eigenvalue weighted by molar-refractivity contribution is -0.0464. The maximum atomic E-state index is 12.5. The average molecular weight is 255 g/mol. The van der Waals surface area contributed by atoms with E-state index in [2.05, 4.69) is 23.4 Å². The van der Waals surface area contributed by atoms with E-state index in [0.29, 0.717) is 30.3 Å². The fraction of sp³-hybridized carbons (Fsp3) is 0.727. The van der Waals surface area contributed by atoms with Gasteiger partial charge in [0.1, 0.15) is 4.88 Å². The van der Waals surface area contributed by atoms with Gasteiger partial charge in [-0.15, -0.1) is 5.10 Å². The molecule has 0 aromatic carbocycles. The van der Waals surface area contributed by atoms with Gasteiger partial charge in [-0.2, -0.15) is 0 Å². The molecule has 6 heteroatoms. The lowest BCUT2D eigenvalue weighted by atomic mass is 9.95. The number of hydrogen-bond acceptors (Lipinski definition) is 5. The number of aryl methyl sites for hydroxylation is 1. The highest BCUT2D eigenvalue weighted by Gasteiger charge is 2.38. The molecule has 0 N–H and O–H groups in total. The van der Waals surface area contributed by atoms with Crippen molar-refractivity contribution in [2.45, 2.75) is 32.7 Å². The first kappa shape index (κ1) is 12.4. The molecular formula is C11H17N3O2S. The number of carbonyl (C=O) groups excluding carboxylic acids is 1. The summed E-state index contributed by atoms with van der Waals surface area (Å²) in [6, 6.07) is 0. The second-order valence-corrected chi connectivity index (χ2v) is 5.30. The molecule has 1 saturated heterocycles. The SMILES string of the molecule is CCC1(C)COCCN1C(=O)c1snnc1C. The molecule has 0 bridgehead atoms. The summed E-state index contributed by atoms with van der Waals surface area (Å²) in [6.45, 7) is 7.80. The predicted octanol–water partition coefficient (Wildman–Crippen LogP) is 1.49. The number of rotatable bonds is 2. The Hall–Kier alpha value is -1.01. The van der Waals surface area contributed by atoms with Crippen molar-refractivity contribution in [3.8, 4) is 0 Å². The zero-order valence-corrected chi connectivity index (χ0v) is 11.2. The minimum atomic E-state index is -0.217. The van der Waals surface area contributed by atoms with Crippen molar-refractivity contribution in [3.05, 3.63) is 10.6 Å². The van der Waals surface area contributed by atoms with Crippen LogP contribution in [0.25, 0.3) is 0 Å². The largest absolute Gasteiger partial charge is 0.377 e. The Morgan fingerprint density at radius 1 is 1.65 bits per heavy atom. The lowest BCUT2D eigenvalue weighted by Crippen LogP contribution is -2.57. The van der Waals surface area contributed by atoms with E-state index in [1.54, 1.807) is 0 Å². The van der Waals surface area contributed by atoms with Gasteiger partial charge in [0, 0.05) is 6.54 Å². The quantitative estimate of drug-likeness (QED) is 0.803. The molecule has 0 saturated carbocycles. The normalized spacial score (nSPS) is 25.0. The highest BCUT2D eigenvalue weighted by atomic mass is 32.1. The van der Waals surface area contributed by atoms with Gasteiger partial charge < -0.3 is 9.64 Å². The molecule has 1 fully saturated rings. The van der Waals surface area contributed by atoms with E-state index in [-0.39, 0.29) is 11.4 Å². The van der Waals surface area contributed by atoms with Crippen LogP contribution in [-0.2, 0) is 4.74 Å². The lowest BCUT2D eigenvalue weighted by Gasteiger charge is -2.43. The van der Waals surface area contributed by atoms with Crippen molar-refractivity contribution in [3.63, 3.8) is 0 Å². The van der Waals surface area contributed by atoms with E-state index < -0.39 is 0 Å². The van der Waals surface area contributed by atoms with Crippen LogP contribution in [0.4, 0.5) is 0 Å². The van der Waals surface area contributed by atoms with Crippen LogP contribution in [0.2, 0.25) is 0 Å². The van der Waals surface area contributed by atoms with E-state index in [1.807, 2.05) is 11.8 Å². The van der Waals surface area contributed by atoms with Crippen LogP contribution in [0.3, 0.4) is 0 Å². The highest BCUT2D eigenvalue weighted by molar-refractivity contribution is 7.07. The Balaban J connectivity index is 2.26. The Bertz CT molecular complexity index is 421. The summed E-state index contributed by atoms with van der Waals surface area (Å²) in [5.41, 5.74) is 0.496. The zero-order valence-electron chi connectivity index (χ0n) is 10.4. The van der Waals surface area contributed by atoms with Gasteiger partial charge in [0.25, 0.3) is 5.91 Å². The third-order valence-electron chi connectivity index (χ3n) is 3.38. The maximum Gasteiger partial charge on any atom is 0.268 e. The van der Waals surface area contributed by atoms with Gasteiger partial charge in [0.15, 0.2) is 0 Å². The summed E-state index contributed by atoms with van der Waals surface area (Å²) < 4.78 is 9.31. The molecule has 0 spiro atoms. The summed E-state index contributed by atoms with van der Waals surface area (Å²) in [4.78, 5) is 15.0. The molecule has 2 heterocycles. The summed E-state index contributed by atoms with van der Waals surface area (Å²) in [7, 11) is 0. The van der Waals surface area contributed by atoms with Gasteiger partial charge in [0.2, 0.25) is 0 Å². The summed E-state index contributed by atoms with van der Waals surface area (Å²) in [5, 5.41) is 3.90. The molecule has 1 amide bonds. The van der Waals surface area contributed by atoms with E-state index in [1.165, 1.54) is 11.5 Å². The van der Waals surface area contributed by atoms with Gasteiger partial charge >= 0.3 is 0 Å². The van der Waals surface area contributed by atoms with E-state index in [9.17, 15) is 4.79 Å². The van der Waals surface area contributed by atoms with Crippen LogP contribution in [0.1, 0.15) is 35.6 Å². The van der Waals surface area contributed by atoms with Crippen molar-refractivity contribution < 1.29 is 9.53 Å². The molecule has 0 aliphatic carbocycles. The van der Waals surface area contributed by atoms with Gasteiger partial charge in [-0.1, -0.05) is 11.4 Å². The topological polar surface area (TPSA) is 55.3 Å². The Kier molecular flexibility index (Phi) is 3.44. The Morgan fingerprint density at radius 2 is 2.41 bits per heavy atom. The van der Waals surface area contributed by atoms with Crippen LogP contribution >= 0.6 is 11.5 Å².